The number of amides is 5. The number of H-pyrrole nitrogens is 1. The molecular formula is C26H25N5O5. The summed E-state index contributed by atoms with van der Waals surface area (Å²) in [7, 11) is 0. The first-order chi connectivity index (χ1) is 17.3. The fraction of sp³-hybridized carbons (Fsp3) is 0.269. The number of carbonyl (C=O) groups excluding carboxylic acids is 5. The van der Waals surface area contributed by atoms with Crippen LogP contribution in [-0.4, -0.2) is 45.5 Å². The summed E-state index contributed by atoms with van der Waals surface area (Å²) >= 11 is 0. The molecule has 3 aromatic rings. The van der Waals surface area contributed by atoms with E-state index in [0.29, 0.717) is 40.1 Å². The number of aromatic amines is 1. The van der Waals surface area contributed by atoms with E-state index in [2.05, 4.69) is 20.9 Å². The van der Waals surface area contributed by atoms with E-state index in [-0.39, 0.29) is 43.0 Å². The van der Waals surface area contributed by atoms with E-state index in [4.69, 9.17) is 0 Å². The lowest BCUT2D eigenvalue weighted by Crippen LogP contribution is -2.52. The minimum absolute atomic E-state index is 0.186. The van der Waals surface area contributed by atoms with Gasteiger partial charge in [-0.25, -0.2) is 0 Å². The fourth-order valence-corrected chi connectivity index (χ4v) is 4.97. The standard InChI is InChI=1S/C26H25N5O5/c1-3-16-18-5-4-6-19(27-13(2)32)22(18)30-23(16)25(35)28-15-7-8-17-14(11-15)12-31(26(17)36)20-9-10-21(33)29-24(20)34/h4-8,11,20,30H,3,9-10,12H2,1-2H3,(H,27,32)(H,28,35)(H,29,33,34). The summed E-state index contributed by atoms with van der Waals surface area (Å²) in [6, 6.07) is 9.82. The number of nitrogens with one attached hydrogen (secondary N) is 4. The summed E-state index contributed by atoms with van der Waals surface area (Å²) in [5.74, 6) is -1.63. The van der Waals surface area contributed by atoms with Crippen molar-refractivity contribution in [2.45, 2.75) is 45.7 Å². The molecule has 1 fully saturated rings. The van der Waals surface area contributed by atoms with Crippen LogP contribution in [-0.2, 0) is 27.3 Å². The molecule has 1 atom stereocenters. The van der Waals surface area contributed by atoms with Crippen molar-refractivity contribution in [1.29, 1.82) is 0 Å². The number of anilines is 2. The third-order valence-corrected chi connectivity index (χ3v) is 6.61. The maximum absolute atomic E-state index is 13.3. The summed E-state index contributed by atoms with van der Waals surface area (Å²) in [5.41, 5.74) is 4.18. The molecule has 1 aromatic heterocycles. The van der Waals surface area contributed by atoms with Crippen LogP contribution in [0.25, 0.3) is 10.9 Å². The molecule has 36 heavy (non-hydrogen) atoms. The molecule has 5 rings (SSSR count). The molecule has 4 N–H and O–H groups in total. The molecule has 0 bridgehead atoms. The number of rotatable bonds is 5. The lowest BCUT2D eigenvalue weighted by atomic mass is 10.0. The summed E-state index contributed by atoms with van der Waals surface area (Å²) < 4.78 is 0. The van der Waals surface area contributed by atoms with Crippen LogP contribution in [0.4, 0.5) is 11.4 Å². The van der Waals surface area contributed by atoms with Crippen LogP contribution in [0.1, 0.15) is 58.7 Å². The Labute approximate surface area is 206 Å². The van der Waals surface area contributed by atoms with Gasteiger partial charge in [0, 0.05) is 36.5 Å². The van der Waals surface area contributed by atoms with Crippen molar-refractivity contribution in [1.82, 2.24) is 15.2 Å². The maximum atomic E-state index is 13.3. The van der Waals surface area contributed by atoms with Crippen LogP contribution in [0.2, 0.25) is 0 Å². The Balaban J connectivity index is 1.39. The third-order valence-electron chi connectivity index (χ3n) is 6.61. The van der Waals surface area contributed by atoms with Crippen molar-refractivity contribution in [2.24, 2.45) is 0 Å². The second kappa shape index (κ2) is 8.95. The lowest BCUT2D eigenvalue weighted by molar-refractivity contribution is -0.137. The minimum atomic E-state index is -0.697. The highest BCUT2D eigenvalue weighted by atomic mass is 16.2. The van der Waals surface area contributed by atoms with Gasteiger partial charge < -0.3 is 20.5 Å². The fourth-order valence-electron chi connectivity index (χ4n) is 4.97. The predicted octanol–water partition coefficient (Wildman–Crippen LogP) is 2.70. The number of piperidine rings is 1. The molecule has 2 aliphatic heterocycles. The number of nitrogens with zero attached hydrogens (tertiary/aromatic N) is 1. The zero-order chi connectivity index (χ0) is 25.6. The van der Waals surface area contributed by atoms with E-state index in [1.165, 1.54) is 11.8 Å². The van der Waals surface area contributed by atoms with E-state index < -0.39 is 11.9 Å². The van der Waals surface area contributed by atoms with Crippen molar-refractivity contribution in [3.05, 3.63) is 58.8 Å². The Morgan fingerprint density at radius 3 is 2.64 bits per heavy atom. The van der Waals surface area contributed by atoms with Gasteiger partial charge in [0.25, 0.3) is 11.8 Å². The quantitative estimate of drug-likeness (QED) is 0.410. The molecule has 1 saturated heterocycles. The van der Waals surface area contributed by atoms with Crippen LogP contribution >= 0.6 is 0 Å². The number of benzene rings is 2. The van der Waals surface area contributed by atoms with Gasteiger partial charge in [0.15, 0.2) is 0 Å². The second-order valence-corrected chi connectivity index (χ2v) is 8.97. The number of aromatic nitrogens is 1. The number of aryl methyl sites for hydroxylation is 1. The van der Waals surface area contributed by atoms with Gasteiger partial charge in [-0.3, -0.25) is 29.3 Å². The number of fused-ring (bicyclic) bond motifs is 2. The van der Waals surface area contributed by atoms with Crippen molar-refractivity contribution >= 4 is 51.8 Å². The van der Waals surface area contributed by atoms with E-state index in [0.717, 1.165) is 10.9 Å². The first-order valence-corrected chi connectivity index (χ1v) is 11.8. The van der Waals surface area contributed by atoms with Gasteiger partial charge in [0.05, 0.1) is 11.2 Å². The van der Waals surface area contributed by atoms with E-state index in [1.54, 1.807) is 24.3 Å². The van der Waals surface area contributed by atoms with Gasteiger partial charge in [0.2, 0.25) is 17.7 Å². The average molecular weight is 488 g/mol. The first kappa shape index (κ1) is 23.3. The molecule has 0 aliphatic carbocycles. The van der Waals surface area contributed by atoms with Crippen LogP contribution in [0.15, 0.2) is 36.4 Å². The smallest absolute Gasteiger partial charge is 0.272 e. The number of carbonyl (C=O) groups is 5. The molecule has 2 aliphatic rings. The SMILES string of the molecule is CCc1c(C(=O)Nc2ccc3c(c2)CN(C2CCC(=O)NC2=O)C3=O)[nH]c2c(NC(C)=O)cccc12. The summed E-state index contributed by atoms with van der Waals surface area (Å²) in [6.45, 7) is 3.60. The van der Waals surface area contributed by atoms with E-state index in [9.17, 15) is 24.0 Å². The topological polar surface area (TPSA) is 140 Å². The van der Waals surface area contributed by atoms with Crippen molar-refractivity contribution in [3.63, 3.8) is 0 Å². The summed E-state index contributed by atoms with van der Waals surface area (Å²) in [6.07, 6.45) is 1.08. The Kier molecular flexibility index (Phi) is 5.79. The Morgan fingerprint density at radius 1 is 1.11 bits per heavy atom. The zero-order valence-corrected chi connectivity index (χ0v) is 19.9. The van der Waals surface area contributed by atoms with Crippen LogP contribution in [0.5, 0.6) is 0 Å². The Hall–Kier alpha value is -4.47. The molecule has 10 nitrogen and oxygen atoms in total. The Morgan fingerprint density at radius 2 is 1.92 bits per heavy atom. The lowest BCUT2D eigenvalue weighted by Gasteiger charge is -2.29. The number of imide groups is 1. The third kappa shape index (κ3) is 4.00. The second-order valence-electron chi connectivity index (χ2n) is 8.97. The van der Waals surface area contributed by atoms with Crippen molar-refractivity contribution in [2.75, 3.05) is 10.6 Å². The molecule has 184 valence electrons. The van der Waals surface area contributed by atoms with Crippen molar-refractivity contribution < 1.29 is 24.0 Å². The van der Waals surface area contributed by atoms with Crippen LogP contribution in [0, 0.1) is 0 Å². The number of para-hydroxylation sites is 1. The van der Waals surface area contributed by atoms with Gasteiger partial charge in [-0.2, -0.15) is 0 Å². The maximum Gasteiger partial charge on any atom is 0.272 e. The highest BCUT2D eigenvalue weighted by molar-refractivity contribution is 6.11. The Bertz CT molecular complexity index is 1460. The van der Waals surface area contributed by atoms with E-state index in [1.807, 2.05) is 19.1 Å². The van der Waals surface area contributed by atoms with Gasteiger partial charge in [-0.15, -0.1) is 0 Å². The zero-order valence-electron chi connectivity index (χ0n) is 19.9. The first-order valence-electron chi connectivity index (χ1n) is 11.8. The normalized spacial score (nSPS) is 17.2. The molecule has 3 heterocycles. The van der Waals surface area contributed by atoms with Crippen LogP contribution in [0.3, 0.4) is 0 Å². The molecule has 10 heteroatoms. The van der Waals surface area contributed by atoms with Gasteiger partial charge in [-0.1, -0.05) is 19.1 Å². The highest BCUT2D eigenvalue weighted by Crippen LogP contribution is 2.31. The molecular weight excluding hydrogens is 462 g/mol. The van der Waals surface area contributed by atoms with Crippen molar-refractivity contribution in [3.8, 4) is 0 Å². The predicted molar refractivity (Wildman–Crippen MR) is 132 cm³/mol. The van der Waals surface area contributed by atoms with Crippen LogP contribution < -0.4 is 16.0 Å². The number of hydrogen-bond donors (Lipinski definition) is 4. The molecule has 5 amide bonds. The molecule has 0 spiro atoms. The molecule has 0 saturated carbocycles. The monoisotopic (exact) mass is 487 g/mol. The molecule has 0 radical (unpaired) electrons. The minimum Gasteiger partial charge on any atom is -0.349 e. The highest BCUT2D eigenvalue weighted by Gasteiger charge is 2.39. The van der Waals surface area contributed by atoms with Gasteiger partial charge in [0.1, 0.15) is 11.7 Å². The summed E-state index contributed by atoms with van der Waals surface area (Å²) in [5, 5.41) is 8.83. The van der Waals surface area contributed by atoms with Gasteiger partial charge >= 0.3 is 0 Å². The van der Waals surface area contributed by atoms with E-state index >= 15 is 0 Å². The largest absolute Gasteiger partial charge is 0.349 e. The number of hydrogen-bond acceptors (Lipinski definition) is 5. The van der Waals surface area contributed by atoms with Gasteiger partial charge in [-0.05, 0) is 48.2 Å². The summed E-state index contributed by atoms with van der Waals surface area (Å²) in [4.78, 5) is 66.1. The molecule has 2 aromatic carbocycles. The molecule has 1 unspecified atom stereocenters. The average Bonchev–Trinajstić information content (AvgIpc) is 3.37.